The van der Waals surface area contributed by atoms with Gasteiger partial charge in [0, 0.05) is 22.0 Å². The molecular formula is C26H29BrO2Si. The summed E-state index contributed by atoms with van der Waals surface area (Å²) < 4.78 is 14.0. The van der Waals surface area contributed by atoms with Crippen molar-refractivity contribution in [3.05, 3.63) is 82.5 Å². The molecule has 0 spiro atoms. The maximum absolute atomic E-state index is 6.73. The number of furan rings is 1. The van der Waals surface area contributed by atoms with E-state index in [9.17, 15) is 0 Å². The van der Waals surface area contributed by atoms with Crippen molar-refractivity contribution in [2.75, 3.05) is 0 Å². The van der Waals surface area contributed by atoms with Crippen molar-refractivity contribution in [3.8, 4) is 23.2 Å². The minimum atomic E-state index is -1.99. The van der Waals surface area contributed by atoms with Crippen LogP contribution in [0.4, 0.5) is 0 Å². The van der Waals surface area contributed by atoms with Crippen LogP contribution >= 0.6 is 15.9 Å². The standard InChI is InChI=1S/C26H29BrO2Si/c1-26(2,3)30(4,5)29-25(16-10-12-20-11-9-15-22(27)19-20)24-18-17-23(28-24)21-13-7-6-8-14-21/h6-9,11,13-15,17-19,25H,16H2,1-5H3. The van der Waals surface area contributed by atoms with Crippen LogP contribution in [0, 0.1) is 11.8 Å². The van der Waals surface area contributed by atoms with E-state index in [4.69, 9.17) is 8.84 Å². The third kappa shape index (κ3) is 5.76. The second-order valence-corrected chi connectivity index (χ2v) is 14.6. The second kappa shape index (κ2) is 9.39. The Kier molecular flexibility index (Phi) is 7.08. The van der Waals surface area contributed by atoms with Crippen LogP contribution in [0.5, 0.6) is 0 Å². The van der Waals surface area contributed by atoms with Crippen LogP contribution < -0.4 is 0 Å². The average Bonchev–Trinajstić information content (AvgIpc) is 3.17. The number of halogens is 1. The molecular weight excluding hydrogens is 452 g/mol. The lowest BCUT2D eigenvalue weighted by Gasteiger charge is -2.38. The molecule has 2 nitrogen and oxygen atoms in total. The first kappa shape index (κ1) is 22.6. The summed E-state index contributed by atoms with van der Waals surface area (Å²) in [7, 11) is -1.99. The van der Waals surface area contributed by atoms with E-state index >= 15 is 0 Å². The van der Waals surface area contributed by atoms with Crippen LogP contribution in [0.2, 0.25) is 18.1 Å². The minimum Gasteiger partial charge on any atom is -0.458 e. The quantitative estimate of drug-likeness (QED) is 0.271. The summed E-state index contributed by atoms with van der Waals surface area (Å²) in [6, 6.07) is 22.2. The molecule has 0 aliphatic rings. The predicted molar refractivity (Wildman–Crippen MR) is 131 cm³/mol. The molecule has 0 aliphatic carbocycles. The van der Waals surface area contributed by atoms with Gasteiger partial charge in [-0.15, -0.1) is 0 Å². The Bertz CT molecular complexity index is 1040. The van der Waals surface area contributed by atoms with Gasteiger partial charge in [-0.05, 0) is 48.5 Å². The van der Waals surface area contributed by atoms with E-state index in [1.54, 1.807) is 0 Å². The van der Waals surface area contributed by atoms with E-state index in [1.807, 2.05) is 54.6 Å². The molecule has 4 heteroatoms. The average molecular weight is 482 g/mol. The molecule has 0 fully saturated rings. The largest absolute Gasteiger partial charge is 0.458 e. The lowest BCUT2D eigenvalue weighted by atomic mass is 10.1. The topological polar surface area (TPSA) is 22.4 Å². The molecule has 0 amide bonds. The highest BCUT2D eigenvalue weighted by Crippen LogP contribution is 2.41. The zero-order valence-corrected chi connectivity index (χ0v) is 20.9. The van der Waals surface area contributed by atoms with Gasteiger partial charge in [0.2, 0.25) is 0 Å². The van der Waals surface area contributed by atoms with Gasteiger partial charge in [-0.3, -0.25) is 0 Å². The molecule has 1 atom stereocenters. The van der Waals surface area contributed by atoms with Gasteiger partial charge in [0.15, 0.2) is 8.32 Å². The zero-order chi connectivity index (χ0) is 21.8. The van der Waals surface area contributed by atoms with Crippen molar-refractivity contribution >= 4 is 24.2 Å². The predicted octanol–water partition coefficient (Wildman–Crippen LogP) is 8.21. The fourth-order valence-corrected chi connectivity index (χ4v) is 4.49. The highest BCUT2D eigenvalue weighted by atomic mass is 79.9. The van der Waals surface area contributed by atoms with Gasteiger partial charge in [0.1, 0.15) is 17.6 Å². The monoisotopic (exact) mass is 480 g/mol. The number of benzene rings is 2. The Morgan fingerprint density at radius 2 is 1.73 bits per heavy atom. The Morgan fingerprint density at radius 3 is 2.40 bits per heavy atom. The fraction of sp³-hybridized carbons (Fsp3) is 0.308. The molecule has 0 saturated heterocycles. The molecule has 0 saturated carbocycles. The van der Waals surface area contributed by atoms with Gasteiger partial charge in [-0.25, -0.2) is 0 Å². The summed E-state index contributed by atoms with van der Waals surface area (Å²) >= 11 is 3.50. The van der Waals surface area contributed by atoms with Crippen molar-refractivity contribution in [1.29, 1.82) is 0 Å². The zero-order valence-electron chi connectivity index (χ0n) is 18.3. The van der Waals surface area contributed by atoms with Crippen molar-refractivity contribution < 1.29 is 8.84 Å². The first-order valence-corrected chi connectivity index (χ1v) is 13.9. The lowest BCUT2D eigenvalue weighted by molar-refractivity contribution is 0.163. The molecule has 1 aromatic heterocycles. The van der Waals surface area contributed by atoms with Crippen LogP contribution in [0.1, 0.15) is 44.6 Å². The first-order chi connectivity index (χ1) is 14.2. The third-order valence-electron chi connectivity index (χ3n) is 5.59. The van der Waals surface area contributed by atoms with Crippen LogP contribution in [0.3, 0.4) is 0 Å². The van der Waals surface area contributed by atoms with Gasteiger partial charge in [-0.2, -0.15) is 0 Å². The minimum absolute atomic E-state index is 0.109. The Balaban J connectivity index is 1.87. The molecule has 3 aromatic rings. The molecule has 1 unspecified atom stereocenters. The fourth-order valence-electron chi connectivity index (χ4n) is 2.83. The summed E-state index contributed by atoms with van der Waals surface area (Å²) in [4.78, 5) is 0. The van der Waals surface area contributed by atoms with E-state index in [1.165, 1.54) is 0 Å². The van der Waals surface area contributed by atoms with E-state index in [-0.39, 0.29) is 11.1 Å². The molecule has 0 bridgehead atoms. The Morgan fingerprint density at radius 1 is 1.00 bits per heavy atom. The molecule has 0 N–H and O–H groups in total. The molecule has 156 valence electrons. The summed E-state index contributed by atoms with van der Waals surface area (Å²) in [5.41, 5.74) is 2.05. The SMILES string of the molecule is CC(C)(C)[Si](C)(C)OC(CC#Cc1cccc(Br)c1)c1ccc(-c2ccccc2)o1. The Hall–Kier alpha value is -2.06. The number of rotatable bonds is 5. The van der Waals surface area contributed by atoms with E-state index in [0.717, 1.165) is 27.1 Å². The highest BCUT2D eigenvalue weighted by molar-refractivity contribution is 9.10. The van der Waals surface area contributed by atoms with Crippen LogP contribution in [0.25, 0.3) is 11.3 Å². The maximum atomic E-state index is 6.73. The summed E-state index contributed by atoms with van der Waals surface area (Å²) in [6.45, 7) is 11.3. The van der Waals surface area contributed by atoms with Crippen molar-refractivity contribution in [2.24, 2.45) is 0 Å². The third-order valence-corrected chi connectivity index (χ3v) is 10.6. The van der Waals surface area contributed by atoms with Gasteiger partial charge < -0.3 is 8.84 Å². The van der Waals surface area contributed by atoms with E-state index in [0.29, 0.717) is 6.42 Å². The van der Waals surface area contributed by atoms with Crippen LogP contribution in [-0.4, -0.2) is 8.32 Å². The summed E-state index contributed by atoms with van der Waals surface area (Å²) in [5, 5.41) is 0.109. The maximum Gasteiger partial charge on any atom is 0.193 e. The van der Waals surface area contributed by atoms with Crippen LogP contribution in [-0.2, 0) is 4.43 Å². The Labute approximate surface area is 189 Å². The molecule has 2 aromatic carbocycles. The normalized spacial score (nSPS) is 12.9. The highest BCUT2D eigenvalue weighted by Gasteiger charge is 2.40. The van der Waals surface area contributed by atoms with E-state index in [2.05, 4.69) is 73.8 Å². The smallest absolute Gasteiger partial charge is 0.193 e. The number of hydrogen-bond acceptors (Lipinski definition) is 2. The summed E-state index contributed by atoms with van der Waals surface area (Å²) in [6.07, 6.45) is 0.392. The lowest BCUT2D eigenvalue weighted by Crippen LogP contribution is -2.41. The number of hydrogen-bond donors (Lipinski definition) is 0. The van der Waals surface area contributed by atoms with Crippen molar-refractivity contribution in [1.82, 2.24) is 0 Å². The van der Waals surface area contributed by atoms with Crippen LogP contribution in [0.15, 0.2) is 75.6 Å². The first-order valence-electron chi connectivity index (χ1n) is 10.2. The summed E-state index contributed by atoms with van der Waals surface area (Å²) in [5.74, 6) is 8.27. The molecule has 1 heterocycles. The molecule has 0 aliphatic heterocycles. The van der Waals surface area contributed by atoms with Gasteiger partial charge in [0.25, 0.3) is 0 Å². The second-order valence-electron chi connectivity index (χ2n) is 8.95. The molecule has 30 heavy (non-hydrogen) atoms. The van der Waals surface area contributed by atoms with Gasteiger partial charge >= 0.3 is 0 Å². The van der Waals surface area contributed by atoms with Gasteiger partial charge in [0.05, 0.1) is 0 Å². The van der Waals surface area contributed by atoms with Crippen molar-refractivity contribution in [3.63, 3.8) is 0 Å². The van der Waals surface area contributed by atoms with E-state index < -0.39 is 8.32 Å². The molecule has 0 radical (unpaired) electrons. The van der Waals surface area contributed by atoms with Crippen molar-refractivity contribution in [2.45, 2.75) is 51.4 Å². The van der Waals surface area contributed by atoms with Gasteiger partial charge in [-0.1, -0.05) is 84.9 Å². The molecule has 3 rings (SSSR count).